The van der Waals surface area contributed by atoms with Crippen LogP contribution in [0.5, 0.6) is 0 Å². The molecule has 0 aliphatic rings. The number of hydrogen-bond donors (Lipinski definition) is 1. The molecule has 0 fully saturated rings. The highest BCUT2D eigenvalue weighted by atomic mass is 32.1. The molecular weight excluding hydrogens is 232 g/mol. The molecule has 0 amide bonds. The van der Waals surface area contributed by atoms with Crippen molar-refractivity contribution in [2.24, 2.45) is 0 Å². The summed E-state index contributed by atoms with van der Waals surface area (Å²) >= 11 is 1.61. The molecule has 17 heavy (non-hydrogen) atoms. The van der Waals surface area contributed by atoms with E-state index in [4.69, 9.17) is 0 Å². The fraction of sp³-hybridized carbons (Fsp3) is 0.154. The Kier molecular flexibility index (Phi) is 3.44. The Morgan fingerprint density at radius 1 is 1.47 bits per heavy atom. The summed E-state index contributed by atoms with van der Waals surface area (Å²) in [4.78, 5) is 15.8. The van der Waals surface area contributed by atoms with Crippen LogP contribution in [0.2, 0.25) is 0 Å². The number of thiophene rings is 1. The Bertz CT molecular complexity index is 600. The Morgan fingerprint density at radius 2 is 2.29 bits per heavy atom. The van der Waals surface area contributed by atoms with Gasteiger partial charge in [0.1, 0.15) is 0 Å². The zero-order chi connectivity index (χ0) is 12.3. The number of aromatic nitrogens is 2. The lowest BCUT2D eigenvalue weighted by molar-refractivity contribution is 1.02. The van der Waals surface area contributed by atoms with Gasteiger partial charge in [-0.2, -0.15) is 0 Å². The first-order valence-corrected chi connectivity index (χ1v) is 6.29. The van der Waals surface area contributed by atoms with Crippen molar-refractivity contribution in [2.45, 2.75) is 13.8 Å². The first kappa shape index (κ1) is 11.7. The van der Waals surface area contributed by atoms with Crippen LogP contribution in [0.1, 0.15) is 13.8 Å². The molecule has 2 aromatic rings. The maximum absolute atomic E-state index is 11.8. The van der Waals surface area contributed by atoms with Crippen molar-refractivity contribution < 1.29 is 0 Å². The monoisotopic (exact) mass is 246 g/mol. The largest absolute Gasteiger partial charge is 0.330 e. The molecule has 0 radical (unpaired) electrons. The molecule has 2 aromatic heterocycles. The molecule has 0 spiro atoms. The molecule has 0 saturated carbocycles. The predicted octanol–water partition coefficient (Wildman–Crippen LogP) is 3.34. The third-order valence-corrected chi connectivity index (χ3v) is 3.32. The van der Waals surface area contributed by atoms with E-state index in [1.807, 2.05) is 55.8 Å². The lowest BCUT2D eigenvalue weighted by atomic mass is 10.3. The lowest BCUT2D eigenvalue weighted by Gasteiger charge is -1.99. The first-order valence-electron chi connectivity index (χ1n) is 5.41. The highest BCUT2D eigenvalue weighted by Gasteiger charge is 2.07. The van der Waals surface area contributed by atoms with Gasteiger partial charge in [-0.05, 0) is 31.4 Å². The summed E-state index contributed by atoms with van der Waals surface area (Å²) in [6.07, 6.45) is 7.57. The number of aromatic amines is 1. The van der Waals surface area contributed by atoms with Crippen LogP contribution in [-0.2, 0) is 0 Å². The van der Waals surface area contributed by atoms with Gasteiger partial charge in [-0.15, -0.1) is 11.3 Å². The van der Waals surface area contributed by atoms with E-state index < -0.39 is 0 Å². The summed E-state index contributed by atoms with van der Waals surface area (Å²) in [6.45, 7) is 3.85. The van der Waals surface area contributed by atoms with Crippen molar-refractivity contribution in [3.8, 4) is 10.6 Å². The SMILES string of the molecule is CC=CC(=CC)n1cc(-c2cccs2)[nH]c1=O. The van der Waals surface area contributed by atoms with Crippen molar-refractivity contribution in [2.75, 3.05) is 0 Å². The van der Waals surface area contributed by atoms with Crippen LogP contribution >= 0.6 is 11.3 Å². The zero-order valence-electron chi connectivity index (χ0n) is 9.81. The summed E-state index contributed by atoms with van der Waals surface area (Å²) in [7, 11) is 0. The summed E-state index contributed by atoms with van der Waals surface area (Å²) in [6, 6.07) is 3.96. The van der Waals surface area contributed by atoms with Crippen LogP contribution in [0.4, 0.5) is 0 Å². The fourth-order valence-electron chi connectivity index (χ4n) is 1.63. The molecule has 2 rings (SSSR count). The third-order valence-electron chi connectivity index (χ3n) is 2.42. The van der Waals surface area contributed by atoms with Crippen molar-refractivity contribution in [1.29, 1.82) is 0 Å². The first-order chi connectivity index (χ1) is 8.26. The molecular formula is C13H14N2OS. The summed E-state index contributed by atoms with van der Waals surface area (Å²) in [5.41, 5.74) is 1.62. The maximum atomic E-state index is 11.8. The molecule has 0 unspecified atom stereocenters. The van der Waals surface area contributed by atoms with Crippen LogP contribution in [0, 0.1) is 0 Å². The second-order valence-corrected chi connectivity index (χ2v) is 4.48. The number of imidazole rings is 1. The number of nitrogens with one attached hydrogen (secondary N) is 1. The van der Waals surface area contributed by atoms with E-state index in [1.165, 1.54) is 0 Å². The average molecular weight is 246 g/mol. The standard InChI is InChI=1S/C13H14N2OS/c1-3-6-10(4-2)15-9-11(14-13(15)16)12-7-5-8-17-12/h3-9H,1-2H3,(H,14,16). The molecule has 0 saturated heterocycles. The topological polar surface area (TPSA) is 37.8 Å². The number of rotatable bonds is 3. The van der Waals surface area contributed by atoms with Gasteiger partial charge < -0.3 is 4.98 Å². The lowest BCUT2D eigenvalue weighted by Crippen LogP contribution is -2.14. The Labute approximate surface area is 104 Å². The fourth-order valence-corrected chi connectivity index (χ4v) is 2.32. The van der Waals surface area contributed by atoms with Crippen LogP contribution in [-0.4, -0.2) is 9.55 Å². The van der Waals surface area contributed by atoms with E-state index in [0.717, 1.165) is 16.3 Å². The smallest absolute Gasteiger partial charge is 0.305 e. The number of allylic oxidation sites excluding steroid dienone is 4. The normalized spacial score (nSPS) is 12.5. The third kappa shape index (κ3) is 2.31. The number of hydrogen-bond acceptors (Lipinski definition) is 2. The van der Waals surface area contributed by atoms with Gasteiger partial charge in [0.2, 0.25) is 0 Å². The van der Waals surface area contributed by atoms with Gasteiger partial charge in [0.15, 0.2) is 0 Å². The van der Waals surface area contributed by atoms with Gasteiger partial charge in [0, 0.05) is 11.9 Å². The van der Waals surface area contributed by atoms with Crippen molar-refractivity contribution in [1.82, 2.24) is 9.55 Å². The summed E-state index contributed by atoms with van der Waals surface area (Å²) in [5, 5.41) is 1.99. The molecule has 1 N–H and O–H groups in total. The van der Waals surface area contributed by atoms with Crippen molar-refractivity contribution in [3.05, 3.63) is 52.4 Å². The number of nitrogens with zero attached hydrogens (tertiary/aromatic N) is 1. The Morgan fingerprint density at radius 3 is 2.88 bits per heavy atom. The van der Waals surface area contributed by atoms with Gasteiger partial charge in [-0.3, -0.25) is 4.57 Å². The van der Waals surface area contributed by atoms with E-state index in [-0.39, 0.29) is 5.69 Å². The van der Waals surface area contributed by atoms with Crippen molar-refractivity contribution >= 4 is 17.0 Å². The zero-order valence-corrected chi connectivity index (χ0v) is 10.6. The Hall–Kier alpha value is -1.81. The molecule has 0 atom stereocenters. The van der Waals surface area contributed by atoms with Crippen LogP contribution < -0.4 is 5.69 Å². The van der Waals surface area contributed by atoms with Gasteiger partial charge in [-0.1, -0.05) is 18.2 Å². The average Bonchev–Trinajstić information content (AvgIpc) is 2.95. The Balaban J connectivity index is 2.48. The molecule has 88 valence electrons. The second kappa shape index (κ2) is 5.01. The van der Waals surface area contributed by atoms with Crippen LogP contribution in [0.3, 0.4) is 0 Å². The minimum atomic E-state index is -0.111. The minimum Gasteiger partial charge on any atom is -0.305 e. The molecule has 3 nitrogen and oxygen atoms in total. The molecule has 2 heterocycles. The maximum Gasteiger partial charge on any atom is 0.330 e. The van der Waals surface area contributed by atoms with Crippen LogP contribution in [0.25, 0.3) is 16.3 Å². The van der Waals surface area contributed by atoms with E-state index in [1.54, 1.807) is 15.9 Å². The molecule has 0 aliphatic carbocycles. The van der Waals surface area contributed by atoms with Gasteiger partial charge in [0.25, 0.3) is 0 Å². The van der Waals surface area contributed by atoms with Gasteiger partial charge in [-0.25, -0.2) is 4.79 Å². The second-order valence-electron chi connectivity index (χ2n) is 3.53. The van der Waals surface area contributed by atoms with Crippen LogP contribution in [0.15, 0.2) is 46.7 Å². The van der Waals surface area contributed by atoms with E-state index >= 15 is 0 Å². The molecule has 0 bridgehead atoms. The predicted molar refractivity (Wildman–Crippen MR) is 73.1 cm³/mol. The quantitative estimate of drug-likeness (QED) is 0.829. The highest BCUT2D eigenvalue weighted by molar-refractivity contribution is 7.13. The molecule has 0 aliphatic heterocycles. The van der Waals surface area contributed by atoms with Gasteiger partial charge >= 0.3 is 5.69 Å². The van der Waals surface area contributed by atoms with E-state index in [2.05, 4.69) is 4.98 Å². The molecule has 0 aromatic carbocycles. The number of H-pyrrole nitrogens is 1. The molecule has 4 heteroatoms. The van der Waals surface area contributed by atoms with Gasteiger partial charge in [0.05, 0.1) is 10.6 Å². The summed E-state index contributed by atoms with van der Waals surface area (Å²) in [5.74, 6) is 0. The minimum absolute atomic E-state index is 0.111. The highest BCUT2D eigenvalue weighted by Crippen LogP contribution is 2.22. The van der Waals surface area contributed by atoms with E-state index in [0.29, 0.717) is 0 Å². The van der Waals surface area contributed by atoms with E-state index in [9.17, 15) is 4.79 Å². The van der Waals surface area contributed by atoms with Crippen molar-refractivity contribution in [3.63, 3.8) is 0 Å². The summed E-state index contributed by atoms with van der Waals surface area (Å²) < 4.78 is 1.62.